The van der Waals surface area contributed by atoms with Gasteiger partial charge < -0.3 is 0 Å². The van der Waals surface area contributed by atoms with Gasteiger partial charge >= 0.3 is 0 Å². The molecule has 28 heavy (non-hydrogen) atoms. The molecule has 1 heterocycles. The van der Waals surface area contributed by atoms with Crippen LogP contribution < -0.4 is 5.43 Å². The highest BCUT2D eigenvalue weighted by Crippen LogP contribution is 2.24. The quantitative estimate of drug-likeness (QED) is 0.347. The van der Waals surface area contributed by atoms with E-state index in [1.165, 1.54) is 12.1 Å². The number of halogens is 2. The summed E-state index contributed by atoms with van der Waals surface area (Å²) in [6.45, 7) is 0. The lowest BCUT2D eigenvalue weighted by atomic mass is 10.1. The van der Waals surface area contributed by atoms with Gasteiger partial charge in [0.25, 0.3) is 0 Å². The van der Waals surface area contributed by atoms with Crippen molar-refractivity contribution in [2.45, 2.75) is 0 Å². The fraction of sp³-hybridized carbons (Fsp3) is 0. The van der Waals surface area contributed by atoms with Crippen LogP contribution in [0.2, 0.25) is 5.02 Å². The Bertz CT molecular complexity index is 1110. The number of nitrogens with one attached hydrogen (secondary N) is 1. The van der Waals surface area contributed by atoms with Crippen molar-refractivity contribution in [3.05, 3.63) is 101 Å². The smallest absolute Gasteiger partial charge is 0.123 e. The fourth-order valence-corrected chi connectivity index (χ4v) is 2.93. The number of benzene rings is 3. The molecule has 3 aromatic carbocycles. The van der Waals surface area contributed by atoms with Crippen molar-refractivity contribution in [2.75, 3.05) is 5.43 Å². The second-order valence-electron chi connectivity index (χ2n) is 6.07. The van der Waals surface area contributed by atoms with Crippen LogP contribution in [0.25, 0.3) is 16.9 Å². The van der Waals surface area contributed by atoms with Crippen LogP contribution in [0.5, 0.6) is 0 Å². The third-order valence-electron chi connectivity index (χ3n) is 4.14. The normalized spacial score (nSPS) is 11.1. The van der Waals surface area contributed by atoms with Gasteiger partial charge in [-0.05, 0) is 48.5 Å². The molecule has 0 amide bonds. The molecule has 0 saturated heterocycles. The minimum atomic E-state index is -0.290. The molecule has 0 radical (unpaired) electrons. The lowest BCUT2D eigenvalue weighted by molar-refractivity contribution is 0.628. The van der Waals surface area contributed by atoms with Crippen LogP contribution in [0.15, 0.2) is 90.2 Å². The molecule has 0 unspecified atom stereocenters. The maximum Gasteiger partial charge on any atom is 0.123 e. The number of nitrogens with zero attached hydrogens (tertiary/aromatic N) is 3. The molecule has 0 aliphatic rings. The van der Waals surface area contributed by atoms with Crippen molar-refractivity contribution in [1.82, 2.24) is 9.78 Å². The van der Waals surface area contributed by atoms with E-state index in [0.29, 0.717) is 16.4 Å². The van der Waals surface area contributed by atoms with E-state index in [2.05, 4.69) is 15.6 Å². The van der Waals surface area contributed by atoms with E-state index in [1.54, 1.807) is 29.1 Å². The van der Waals surface area contributed by atoms with Crippen molar-refractivity contribution in [1.29, 1.82) is 0 Å². The summed E-state index contributed by atoms with van der Waals surface area (Å²) in [6.07, 6.45) is 3.56. The molecule has 0 aliphatic heterocycles. The van der Waals surface area contributed by atoms with Crippen LogP contribution in [0.1, 0.15) is 5.56 Å². The number of hydrogen-bond donors (Lipinski definition) is 1. The second kappa shape index (κ2) is 8.06. The van der Waals surface area contributed by atoms with Gasteiger partial charge in [-0.25, -0.2) is 9.07 Å². The lowest BCUT2D eigenvalue weighted by Gasteiger charge is -2.02. The number of para-hydroxylation sites is 2. The molecule has 4 aromatic rings. The first-order valence-electron chi connectivity index (χ1n) is 8.65. The Kier molecular flexibility index (Phi) is 5.17. The average molecular weight is 391 g/mol. The highest BCUT2D eigenvalue weighted by atomic mass is 35.5. The summed E-state index contributed by atoms with van der Waals surface area (Å²) in [4.78, 5) is 0. The van der Waals surface area contributed by atoms with Gasteiger partial charge in [0.15, 0.2) is 0 Å². The SMILES string of the molecule is Fc1ccc(-c2nn(-c3ccccc3)cc2/C=N/Nc2ccccc2Cl)cc1. The molecule has 138 valence electrons. The molecule has 0 fully saturated rings. The molecule has 0 saturated carbocycles. The highest BCUT2D eigenvalue weighted by molar-refractivity contribution is 6.33. The molecule has 0 atom stereocenters. The van der Waals surface area contributed by atoms with Crippen LogP contribution in [0, 0.1) is 5.82 Å². The largest absolute Gasteiger partial charge is 0.277 e. The molecule has 1 aromatic heterocycles. The second-order valence-corrected chi connectivity index (χ2v) is 6.48. The Labute approximate surface area is 166 Å². The Hall–Kier alpha value is -3.44. The first-order chi connectivity index (χ1) is 13.7. The van der Waals surface area contributed by atoms with Crippen LogP contribution >= 0.6 is 11.6 Å². The van der Waals surface area contributed by atoms with Gasteiger partial charge in [0.1, 0.15) is 11.5 Å². The summed E-state index contributed by atoms with van der Waals surface area (Å²) in [6, 6.07) is 23.4. The van der Waals surface area contributed by atoms with Gasteiger partial charge in [-0.1, -0.05) is 41.9 Å². The van der Waals surface area contributed by atoms with Crippen molar-refractivity contribution < 1.29 is 4.39 Å². The number of aromatic nitrogens is 2. The Morgan fingerprint density at radius 3 is 2.39 bits per heavy atom. The summed E-state index contributed by atoms with van der Waals surface area (Å²) < 4.78 is 15.1. The van der Waals surface area contributed by atoms with E-state index in [1.807, 2.05) is 54.7 Å². The lowest BCUT2D eigenvalue weighted by Crippen LogP contribution is -1.94. The summed E-state index contributed by atoms with van der Waals surface area (Å²) in [5, 5.41) is 9.55. The van der Waals surface area contributed by atoms with Gasteiger partial charge in [0.05, 0.1) is 22.6 Å². The topological polar surface area (TPSA) is 42.2 Å². The molecule has 0 bridgehead atoms. The predicted octanol–water partition coefficient (Wildman–Crippen LogP) is 5.78. The van der Waals surface area contributed by atoms with Crippen LogP contribution in [-0.4, -0.2) is 16.0 Å². The van der Waals surface area contributed by atoms with Gasteiger partial charge in [-0.15, -0.1) is 0 Å². The summed E-state index contributed by atoms with van der Waals surface area (Å²) in [7, 11) is 0. The third kappa shape index (κ3) is 3.94. The molecule has 0 spiro atoms. The zero-order valence-electron chi connectivity index (χ0n) is 14.8. The molecule has 1 N–H and O–H groups in total. The monoisotopic (exact) mass is 390 g/mol. The van der Waals surface area contributed by atoms with Crippen molar-refractivity contribution >= 4 is 23.5 Å². The van der Waals surface area contributed by atoms with E-state index in [4.69, 9.17) is 11.6 Å². The molecule has 4 nitrogen and oxygen atoms in total. The minimum Gasteiger partial charge on any atom is -0.277 e. The summed E-state index contributed by atoms with van der Waals surface area (Å²) in [5.41, 5.74) is 6.86. The van der Waals surface area contributed by atoms with Crippen molar-refractivity contribution in [2.24, 2.45) is 5.10 Å². The van der Waals surface area contributed by atoms with Gasteiger partial charge in [0, 0.05) is 17.3 Å². The molecular formula is C22H16ClFN4. The molecular weight excluding hydrogens is 375 g/mol. The number of hydrazone groups is 1. The van der Waals surface area contributed by atoms with E-state index in [-0.39, 0.29) is 5.82 Å². The summed E-state index contributed by atoms with van der Waals surface area (Å²) in [5.74, 6) is -0.290. The number of hydrogen-bond acceptors (Lipinski definition) is 3. The van der Waals surface area contributed by atoms with E-state index in [0.717, 1.165) is 16.8 Å². The standard InChI is InChI=1S/C22H16ClFN4/c23-20-8-4-5-9-21(20)26-25-14-17-15-28(19-6-2-1-3-7-19)27-22(17)16-10-12-18(24)13-11-16/h1-15,26H/b25-14+. The fourth-order valence-electron chi connectivity index (χ4n) is 2.75. The zero-order chi connectivity index (χ0) is 19.3. The van der Waals surface area contributed by atoms with E-state index in [9.17, 15) is 4.39 Å². The maximum absolute atomic E-state index is 13.3. The van der Waals surface area contributed by atoms with Crippen LogP contribution in [0.4, 0.5) is 10.1 Å². The highest BCUT2D eigenvalue weighted by Gasteiger charge is 2.11. The zero-order valence-corrected chi connectivity index (χ0v) is 15.5. The van der Waals surface area contributed by atoms with Crippen molar-refractivity contribution in [3.8, 4) is 16.9 Å². The maximum atomic E-state index is 13.3. The minimum absolute atomic E-state index is 0.290. The predicted molar refractivity (Wildman–Crippen MR) is 112 cm³/mol. The third-order valence-corrected chi connectivity index (χ3v) is 4.47. The van der Waals surface area contributed by atoms with Crippen LogP contribution in [0.3, 0.4) is 0 Å². The molecule has 4 rings (SSSR count). The Morgan fingerprint density at radius 1 is 0.929 bits per heavy atom. The Balaban J connectivity index is 1.70. The first-order valence-corrected chi connectivity index (χ1v) is 9.03. The molecule has 0 aliphatic carbocycles. The average Bonchev–Trinajstić information content (AvgIpc) is 3.15. The van der Waals surface area contributed by atoms with E-state index >= 15 is 0 Å². The molecule has 6 heteroatoms. The summed E-state index contributed by atoms with van der Waals surface area (Å²) >= 11 is 6.14. The van der Waals surface area contributed by atoms with Gasteiger partial charge in [-0.2, -0.15) is 10.2 Å². The van der Waals surface area contributed by atoms with E-state index < -0.39 is 0 Å². The number of anilines is 1. The Morgan fingerprint density at radius 2 is 1.64 bits per heavy atom. The van der Waals surface area contributed by atoms with Gasteiger partial charge in [-0.3, -0.25) is 5.43 Å². The number of rotatable bonds is 5. The van der Waals surface area contributed by atoms with Crippen LogP contribution in [-0.2, 0) is 0 Å². The van der Waals surface area contributed by atoms with Gasteiger partial charge in [0.2, 0.25) is 0 Å². The first kappa shape index (κ1) is 17.9. The van der Waals surface area contributed by atoms with Crippen molar-refractivity contribution in [3.63, 3.8) is 0 Å².